The third-order valence-corrected chi connectivity index (χ3v) is 4.42. The van der Waals surface area contributed by atoms with E-state index in [9.17, 15) is 4.79 Å². The van der Waals surface area contributed by atoms with Crippen LogP contribution in [0.15, 0.2) is 121 Å². The molecule has 136 valence electrons. The largest absolute Gasteiger partial charge is 0.336 e. The molecule has 0 saturated heterocycles. The summed E-state index contributed by atoms with van der Waals surface area (Å²) in [6.07, 6.45) is 19.0. The van der Waals surface area contributed by atoms with Crippen LogP contribution in [0.25, 0.3) is 12.2 Å². The molecule has 2 aliphatic rings. The van der Waals surface area contributed by atoms with E-state index in [2.05, 4.69) is 36.4 Å². The number of benzene rings is 2. The molecule has 0 bridgehead atoms. The molecule has 2 aromatic rings. The number of allylic oxidation sites excluding steroid dienone is 6. The molecule has 0 unspecified atom stereocenters. The number of carbonyl (C=O) groups is 1. The zero-order valence-electron chi connectivity index (χ0n) is 15.3. The van der Waals surface area contributed by atoms with Crippen molar-refractivity contribution in [3.63, 3.8) is 0 Å². The molecule has 0 radical (unpaired) electrons. The number of hydrogen-bond acceptors (Lipinski definition) is 1. The molecule has 2 aliphatic heterocycles. The molecular weight excluding hydrogens is 344 g/mol. The van der Waals surface area contributed by atoms with Crippen molar-refractivity contribution in [3.8, 4) is 0 Å². The van der Waals surface area contributed by atoms with E-state index in [1.165, 1.54) is 0 Å². The van der Waals surface area contributed by atoms with Crippen molar-refractivity contribution in [3.05, 3.63) is 132 Å². The second-order valence-corrected chi connectivity index (χ2v) is 6.47. The van der Waals surface area contributed by atoms with Crippen molar-refractivity contribution in [2.24, 2.45) is 0 Å². The molecule has 2 heterocycles. The summed E-state index contributed by atoms with van der Waals surface area (Å²) in [5.74, 6) is 0. The standard InChI is InChI=1S/C25H20N2O/c28-25(26-15-11-23(12-16-26)19-21-7-3-1-4-8-21)27-17-13-24(14-18-27)20-22-9-5-2-6-10-22/h1-20H. The Morgan fingerprint density at radius 3 is 1.29 bits per heavy atom. The van der Waals surface area contributed by atoms with Gasteiger partial charge in [-0.2, -0.15) is 0 Å². The molecular formula is C25H20N2O. The maximum Gasteiger partial charge on any atom is 0.336 e. The van der Waals surface area contributed by atoms with E-state index in [0.29, 0.717) is 0 Å². The number of rotatable bonds is 2. The van der Waals surface area contributed by atoms with Crippen LogP contribution in [-0.4, -0.2) is 15.8 Å². The van der Waals surface area contributed by atoms with Gasteiger partial charge in [0.25, 0.3) is 0 Å². The Kier molecular flexibility index (Phi) is 5.16. The summed E-state index contributed by atoms with van der Waals surface area (Å²) in [5, 5.41) is 0. The highest BCUT2D eigenvalue weighted by Gasteiger charge is 2.16. The Bertz CT molecular complexity index is 909. The highest BCUT2D eigenvalue weighted by Crippen LogP contribution is 2.18. The SMILES string of the molecule is O=C(N1C=CC(=Cc2ccccc2)C=C1)N1C=CC(=Cc2ccccc2)C=C1. The van der Waals surface area contributed by atoms with Gasteiger partial charge in [-0.1, -0.05) is 60.7 Å². The van der Waals surface area contributed by atoms with Gasteiger partial charge in [0.1, 0.15) is 0 Å². The molecule has 0 saturated carbocycles. The van der Waals surface area contributed by atoms with Crippen LogP contribution < -0.4 is 0 Å². The number of carbonyl (C=O) groups excluding carboxylic acids is 1. The van der Waals surface area contributed by atoms with Gasteiger partial charge >= 0.3 is 6.03 Å². The number of urea groups is 1. The van der Waals surface area contributed by atoms with E-state index in [1.807, 2.05) is 60.7 Å². The minimum atomic E-state index is -0.127. The lowest BCUT2D eigenvalue weighted by Crippen LogP contribution is -2.32. The molecule has 0 aromatic heterocycles. The van der Waals surface area contributed by atoms with Crippen LogP contribution in [0.1, 0.15) is 11.1 Å². The highest BCUT2D eigenvalue weighted by molar-refractivity contribution is 5.80. The van der Waals surface area contributed by atoms with Gasteiger partial charge in [-0.25, -0.2) is 4.79 Å². The van der Waals surface area contributed by atoms with Crippen LogP contribution in [-0.2, 0) is 0 Å². The molecule has 3 nitrogen and oxygen atoms in total. The lowest BCUT2D eigenvalue weighted by atomic mass is 10.1. The first-order valence-corrected chi connectivity index (χ1v) is 9.15. The fourth-order valence-electron chi connectivity index (χ4n) is 2.94. The van der Waals surface area contributed by atoms with Crippen LogP contribution in [0.3, 0.4) is 0 Å². The van der Waals surface area contributed by atoms with Crippen molar-refractivity contribution in [1.29, 1.82) is 0 Å². The second-order valence-electron chi connectivity index (χ2n) is 6.47. The molecule has 4 rings (SSSR count). The van der Waals surface area contributed by atoms with Crippen LogP contribution in [0.4, 0.5) is 4.79 Å². The van der Waals surface area contributed by atoms with Gasteiger partial charge in [-0.15, -0.1) is 0 Å². The molecule has 3 heteroatoms. The smallest absolute Gasteiger partial charge is 0.276 e. The predicted octanol–water partition coefficient (Wildman–Crippen LogP) is 5.96. The Balaban J connectivity index is 1.40. The molecule has 2 aromatic carbocycles. The van der Waals surface area contributed by atoms with E-state index in [0.717, 1.165) is 22.3 Å². The number of hydrogen-bond donors (Lipinski definition) is 0. The molecule has 0 spiro atoms. The molecule has 0 fully saturated rings. The maximum atomic E-state index is 12.7. The van der Waals surface area contributed by atoms with E-state index < -0.39 is 0 Å². The maximum absolute atomic E-state index is 12.7. The predicted molar refractivity (Wildman–Crippen MR) is 114 cm³/mol. The molecule has 28 heavy (non-hydrogen) atoms. The average molecular weight is 364 g/mol. The lowest BCUT2D eigenvalue weighted by molar-refractivity contribution is 0.209. The summed E-state index contributed by atoms with van der Waals surface area (Å²) >= 11 is 0. The van der Waals surface area contributed by atoms with Gasteiger partial charge in [0.05, 0.1) is 0 Å². The highest BCUT2D eigenvalue weighted by atomic mass is 16.2. The van der Waals surface area contributed by atoms with Crippen LogP contribution in [0, 0.1) is 0 Å². The lowest BCUT2D eigenvalue weighted by Gasteiger charge is -2.24. The molecule has 0 atom stereocenters. The van der Waals surface area contributed by atoms with Crippen LogP contribution >= 0.6 is 0 Å². The van der Waals surface area contributed by atoms with Crippen molar-refractivity contribution < 1.29 is 4.79 Å². The fourth-order valence-corrected chi connectivity index (χ4v) is 2.94. The summed E-state index contributed by atoms with van der Waals surface area (Å²) in [6, 6.07) is 20.1. The first-order chi connectivity index (χ1) is 13.8. The minimum absolute atomic E-state index is 0.127. The monoisotopic (exact) mass is 364 g/mol. The Labute approximate surface area is 165 Å². The summed E-state index contributed by atoms with van der Waals surface area (Å²) in [5.41, 5.74) is 4.36. The first-order valence-electron chi connectivity index (χ1n) is 9.15. The van der Waals surface area contributed by atoms with Crippen LogP contribution in [0.2, 0.25) is 0 Å². The quantitative estimate of drug-likeness (QED) is 0.645. The average Bonchev–Trinajstić information content (AvgIpc) is 2.76. The van der Waals surface area contributed by atoms with Gasteiger partial charge in [0.15, 0.2) is 0 Å². The summed E-state index contributed by atoms with van der Waals surface area (Å²) < 4.78 is 0. The van der Waals surface area contributed by atoms with Crippen molar-refractivity contribution in [1.82, 2.24) is 9.80 Å². The number of nitrogens with zero attached hydrogens (tertiary/aromatic N) is 2. The van der Waals surface area contributed by atoms with Gasteiger partial charge in [-0.05, 0) is 58.7 Å². The zero-order valence-corrected chi connectivity index (χ0v) is 15.3. The Morgan fingerprint density at radius 2 is 0.929 bits per heavy atom. The Hall–Kier alpha value is -3.85. The van der Waals surface area contributed by atoms with Gasteiger partial charge in [0.2, 0.25) is 0 Å². The van der Waals surface area contributed by atoms with Crippen molar-refractivity contribution >= 4 is 18.2 Å². The normalized spacial score (nSPS) is 15.1. The van der Waals surface area contributed by atoms with Gasteiger partial charge in [-0.3, -0.25) is 9.80 Å². The molecule has 2 amide bonds. The van der Waals surface area contributed by atoms with E-state index in [-0.39, 0.29) is 6.03 Å². The second kappa shape index (κ2) is 8.23. The topological polar surface area (TPSA) is 23.6 Å². The number of amides is 2. The fraction of sp³-hybridized carbons (Fsp3) is 0. The van der Waals surface area contributed by atoms with E-state index in [4.69, 9.17) is 0 Å². The van der Waals surface area contributed by atoms with Crippen molar-refractivity contribution in [2.75, 3.05) is 0 Å². The summed E-state index contributed by atoms with van der Waals surface area (Å²) in [6.45, 7) is 0. The first kappa shape index (κ1) is 17.6. The van der Waals surface area contributed by atoms with E-state index >= 15 is 0 Å². The van der Waals surface area contributed by atoms with Crippen LogP contribution in [0.5, 0.6) is 0 Å². The van der Waals surface area contributed by atoms with Gasteiger partial charge in [0, 0.05) is 24.8 Å². The molecule has 0 aliphatic carbocycles. The minimum Gasteiger partial charge on any atom is -0.276 e. The third-order valence-electron chi connectivity index (χ3n) is 4.42. The summed E-state index contributed by atoms with van der Waals surface area (Å²) in [4.78, 5) is 15.8. The zero-order chi connectivity index (χ0) is 19.2. The van der Waals surface area contributed by atoms with Gasteiger partial charge < -0.3 is 0 Å². The van der Waals surface area contributed by atoms with E-state index in [1.54, 1.807) is 34.6 Å². The Morgan fingerprint density at radius 1 is 0.571 bits per heavy atom. The summed E-state index contributed by atoms with van der Waals surface area (Å²) in [7, 11) is 0. The third kappa shape index (κ3) is 4.27. The van der Waals surface area contributed by atoms with Crippen molar-refractivity contribution in [2.45, 2.75) is 0 Å². The molecule has 0 N–H and O–H groups in total.